The highest BCUT2D eigenvalue weighted by molar-refractivity contribution is 4.93. The zero-order valence-electron chi connectivity index (χ0n) is 22.8. The molecule has 3 fully saturated rings. The largest absolute Gasteiger partial charge is 0.369 e. The van der Waals surface area contributed by atoms with E-state index >= 15 is 8.78 Å². The quantitative estimate of drug-likeness (QED) is 0.237. The van der Waals surface area contributed by atoms with E-state index in [1.54, 1.807) is 0 Å². The molecule has 0 radical (unpaired) electrons. The van der Waals surface area contributed by atoms with E-state index in [-0.39, 0.29) is 12.0 Å². The Morgan fingerprint density at radius 1 is 0.647 bits per heavy atom. The Hall–Kier alpha value is -0.180. The fourth-order valence-corrected chi connectivity index (χ4v) is 7.64. The monoisotopic (exact) mass is 482 g/mol. The molecule has 0 N–H and O–H groups in total. The van der Waals surface area contributed by atoms with Crippen molar-refractivity contribution in [3.8, 4) is 0 Å². The minimum atomic E-state index is -1.13. The molecular weight excluding hydrogens is 426 g/mol. The lowest BCUT2D eigenvalue weighted by Crippen LogP contribution is -2.45. The van der Waals surface area contributed by atoms with Crippen molar-refractivity contribution in [2.45, 2.75) is 167 Å². The Balaban J connectivity index is 1.35. The molecule has 3 atom stereocenters. The second kappa shape index (κ2) is 15.2. The van der Waals surface area contributed by atoms with E-state index in [9.17, 15) is 0 Å². The van der Waals surface area contributed by atoms with Crippen molar-refractivity contribution in [3.63, 3.8) is 0 Å². The van der Waals surface area contributed by atoms with Crippen LogP contribution in [0.2, 0.25) is 0 Å². The van der Waals surface area contributed by atoms with Gasteiger partial charge in [0.25, 0.3) is 0 Å². The molecule has 1 nitrogen and oxygen atoms in total. The van der Waals surface area contributed by atoms with Gasteiger partial charge in [-0.3, -0.25) is 0 Å². The zero-order chi connectivity index (χ0) is 24.3. The predicted octanol–water partition coefficient (Wildman–Crippen LogP) is 10.0. The van der Waals surface area contributed by atoms with Crippen LogP contribution in [0.15, 0.2) is 0 Å². The number of halogens is 2. The minimum Gasteiger partial charge on any atom is -0.369 e. The average Bonchev–Trinajstić information content (AvgIpc) is 2.85. The Bertz CT molecular complexity index is 512. The number of hydrogen-bond donors (Lipinski definition) is 0. The molecule has 0 aliphatic heterocycles. The molecule has 0 aromatic rings. The summed E-state index contributed by atoms with van der Waals surface area (Å²) in [7, 11) is 0. The summed E-state index contributed by atoms with van der Waals surface area (Å²) < 4.78 is 36.0. The van der Waals surface area contributed by atoms with Crippen LogP contribution < -0.4 is 0 Å². The highest BCUT2D eigenvalue weighted by Gasteiger charge is 2.43. The van der Waals surface area contributed by atoms with Crippen molar-refractivity contribution >= 4 is 0 Å². The fraction of sp³-hybridized carbons (Fsp3) is 1.00. The second-order valence-corrected chi connectivity index (χ2v) is 12.5. The lowest BCUT2D eigenvalue weighted by atomic mass is 9.65. The van der Waals surface area contributed by atoms with Gasteiger partial charge in [0.2, 0.25) is 0 Å². The van der Waals surface area contributed by atoms with Crippen molar-refractivity contribution in [3.05, 3.63) is 0 Å². The molecule has 0 bridgehead atoms. The molecule has 0 heterocycles. The van der Waals surface area contributed by atoms with Gasteiger partial charge in [-0.05, 0) is 94.3 Å². The number of ether oxygens (including phenoxy) is 1. The molecule has 3 unspecified atom stereocenters. The summed E-state index contributed by atoms with van der Waals surface area (Å²) in [5.74, 6) is 3.54. The normalized spacial score (nSPS) is 38.0. The summed E-state index contributed by atoms with van der Waals surface area (Å²) in [4.78, 5) is 0. The maximum Gasteiger partial charge on any atom is 0.129 e. The van der Waals surface area contributed by atoms with Crippen LogP contribution in [0.3, 0.4) is 0 Å². The molecule has 34 heavy (non-hydrogen) atoms. The van der Waals surface area contributed by atoms with E-state index in [2.05, 4.69) is 13.8 Å². The predicted molar refractivity (Wildman–Crippen MR) is 141 cm³/mol. The molecule has 3 saturated carbocycles. The van der Waals surface area contributed by atoms with E-state index in [0.29, 0.717) is 18.8 Å². The van der Waals surface area contributed by atoms with Gasteiger partial charge in [0.05, 0.1) is 6.10 Å². The first kappa shape index (κ1) is 28.4. The Labute approximate surface area is 210 Å². The molecule has 3 aliphatic rings. The second-order valence-electron chi connectivity index (χ2n) is 12.5. The summed E-state index contributed by atoms with van der Waals surface area (Å²) in [5, 5.41) is 0. The molecule has 0 saturated heterocycles. The SMILES string of the molecule is CCCCCCC(C)OC1C(F)CC(C2CCC(C3CCC(CCCCC)CC3)CC2)CC1F. The van der Waals surface area contributed by atoms with Gasteiger partial charge in [0.1, 0.15) is 18.4 Å². The van der Waals surface area contributed by atoms with Crippen molar-refractivity contribution in [1.82, 2.24) is 0 Å². The van der Waals surface area contributed by atoms with E-state index in [0.717, 1.165) is 30.6 Å². The van der Waals surface area contributed by atoms with Crippen LogP contribution in [0.5, 0.6) is 0 Å². The third kappa shape index (κ3) is 8.74. The van der Waals surface area contributed by atoms with Crippen molar-refractivity contribution in [1.29, 1.82) is 0 Å². The minimum absolute atomic E-state index is 0.0351. The first-order chi connectivity index (χ1) is 16.5. The Kier molecular flexibility index (Phi) is 12.7. The van der Waals surface area contributed by atoms with E-state index in [1.165, 1.54) is 96.3 Å². The molecule has 0 amide bonds. The molecule has 3 rings (SSSR count). The average molecular weight is 483 g/mol. The van der Waals surface area contributed by atoms with Crippen LogP contribution >= 0.6 is 0 Å². The number of alkyl halides is 2. The molecule has 0 spiro atoms. The van der Waals surface area contributed by atoms with Crippen LogP contribution in [0.4, 0.5) is 8.78 Å². The third-order valence-corrected chi connectivity index (χ3v) is 9.88. The topological polar surface area (TPSA) is 9.23 Å². The van der Waals surface area contributed by atoms with Crippen LogP contribution in [-0.4, -0.2) is 24.6 Å². The summed E-state index contributed by atoms with van der Waals surface area (Å²) in [5.41, 5.74) is 0. The number of rotatable bonds is 13. The molecule has 200 valence electrons. The highest BCUT2D eigenvalue weighted by atomic mass is 19.1. The lowest BCUT2D eigenvalue weighted by molar-refractivity contribution is -0.117. The van der Waals surface area contributed by atoms with Gasteiger partial charge in [-0.25, -0.2) is 8.78 Å². The van der Waals surface area contributed by atoms with Crippen molar-refractivity contribution in [2.24, 2.45) is 29.6 Å². The molecule has 3 heteroatoms. The van der Waals surface area contributed by atoms with Gasteiger partial charge >= 0.3 is 0 Å². The van der Waals surface area contributed by atoms with Crippen LogP contribution in [0.25, 0.3) is 0 Å². The summed E-state index contributed by atoms with van der Waals surface area (Å²) >= 11 is 0. The van der Waals surface area contributed by atoms with Crippen LogP contribution in [-0.2, 0) is 4.74 Å². The van der Waals surface area contributed by atoms with Gasteiger partial charge < -0.3 is 4.74 Å². The van der Waals surface area contributed by atoms with Gasteiger partial charge in [0.15, 0.2) is 0 Å². The summed E-state index contributed by atoms with van der Waals surface area (Å²) in [6.07, 6.45) is 19.9. The highest BCUT2D eigenvalue weighted by Crippen LogP contribution is 2.46. The van der Waals surface area contributed by atoms with Crippen molar-refractivity contribution in [2.75, 3.05) is 0 Å². The first-order valence-electron chi connectivity index (χ1n) is 15.4. The molecule has 0 aromatic carbocycles. The van der Waals surface area contributed by atoms with Gasteiger partial charge in [0, 0.05) is 0 Å². The molecule has 3 aliphatic carbocycles. The van der Waals surface area contributed by atoms with Gasteiger partial charge in [-0.2, -0.15) is 0 Å². The standard InChI is InChI=1S/C31H56F2O/c1-4-6-8-10-11-23(3)34-31-29(32)21-28(22-30(31)33)27-19-17-26(18-20-27)25-15-13-24(14-16-25)12-9-7-5-2/h23-31H,4-22H2,1-3H3. The molecule has 0 aromatic heterocycles. The summed E-state index contributed by atoms with van der Waals surface area (Å²) in [6.45, 7) is 6.50. The van der Waals surface area contributed by atoms with Crippen LogP contribution in [0, 0.1) is 29.6 Å². The summed E-state index contributed by atoms with van der Waals surface area (Å²) in [6, 6.07) is 0. The number of unbranched alkanes of at least 4 members (excludes halogenated alkanes) is 5. The number of hydrogen-bond acceptors (Lipinski definition) is 1. The smallest absolute Gasteiger partial charge is 0.129 e. The fourth-order valence-electron chi connectivity index (χ4n) is 7.64. The molecular formula is C31H56F2O. The van der Waals surface area contributed by atoms with Crippen molar-refractivity contribution < 1.29 is 13.5 Å². The Morgan fingerprint density at radius 2 is 1.15 bits per heavy atom. The maximum atomic E-state index is 15.1. The maximum absolute atomic E-state index is 15.1. The van der Waals surface area contributed by atoms with Gasteiger partial charge in [-0.15, -0.1) is 0 Å². The lowest BCUT2D eigenvalue weighted by Gasteiger charge is -2.43. The third-order valence-electron chi connectivity index (χ3n) is 9.88. The van der Waals surface area contributed by atoms with Gasteiger partial charge in [-0.1, -0.05) is 78.1 Å². The first-order valence-corrected chi connectivity index (χ1v) is 15.4. The van der Waals surface area contributed by atoms with Crippen LogP contribution in [0.1, 0.15) is 143 Å². The van der Waals surface area contributed by atoms with E-state index in [4.69, 9.17) is 4.74 Å². The van der Waals surface area contributed by atoms with E-state index < -0.39 is 18.4 Å². The Morgan fingerprint density at radius 3 is 1.71 bits per heavy atom. The zero-order valence-corrected chi connectivity index (χ0v) is 22.8. The van der Waals surface area contributed by atoms with E-state index in [1.807, 2.05) is 6.92 Å².